The number of nitrogens with one attached hydrogen (secondary N) is 2. The molecule has 4 nitrogen and oxygen atoms in total. The van der Waals surface area contributed by atoms with Crippen LogP contribution in [0.15, 0.2) is 24.3 Å². The first-order valence-electron chi connectivity index (χ1n) is 10.5. The van der Waals surface area contributed by atoms with Gasteiger partial charge in [0.1, 0.15) is 5.75 Å². The molecule has 0 aliphatic heterocycles. The molecule has 4 heteroatoms. The van der Waals surface area contributed by atoms with E-state index in [-0.39, 0.29) is 5.91 Å². The van der Waals surface area contributed by atoms with Gasteiger partial charge in [0.25, 0.3) is 0 Å². The normalized spacial score (nSPS) is 10.7. The van der Waals surface area contributed by atoms with Gasteiger partial charge in [0.05, 0.1) is 0 Å². The zero-order valence-electron chi connectivity index (χ0n) is 16.6. The standard InChI is InChI=1S/C22H38N2O2/c1-2-3-13-22(26)24-19-12-10-8-6-4-5-7-9-11-18-23-20-14-16-21(25)17-15-20/h14-17,23,25H,2-13,18-19H2,1H3,(H,24,26). The zero-order chi connectivity index (χ0) is 18.9. The van der Waals surface area contributed by atoms with Crippen LogP contribution in [-0.2, 0) is 4.79 Å². The van der Waals surface area contributed by atoms with Crippen molar-refractivity contribution in [1.29, 1.82) is 0 Å². The van der Waals surface area contributed by atoms with Gasteiger partial charge in [0.2, 0.25) is 5.91 Å². The summed E-state index contributed by atoms with van der Waals surface area (Å²) in [6, 6.07) is 7.24. The maximum Gasteiger partial charge on any atom is 0.219 e. The third kappa shape index (κ3) is 12.6. The molecule has 0 heterocycles. The Bertz CT molecular complexity index is 460. The average Bonchev–Trinajstić information content (AvgIpc) is 2.65. The van der Waals surface area contributed by atoms with Crippen molar-refractivity contribution in [2.24, 2.45) is 0 Å². The third-order valence-corrected chi connectivity index (χ3v) is 4.63. The molecule has 0 aromatic heterocycles. The van der Waals surface area contributed by atoms with Crippen molar-refractivity contribution < 1.29 is 9.90 Å². The molecule has 0 saturated carbocycles. The molecule has 26 heavy (non-hydrogen) atoms. The van der Waals surface area contributed by atoms with Crippen molar-refractivity contribution in [2.45, 2.75) is 84.0 Å². The summed E-state index contributed by atoms with van der Waals surface area (Å²) in [5.41, 5.74) is 1.07. The minimum Gasteiger partial charge on any atom is -0.508 e. The van der Waals surface area contributed by atoms with Crippen LogP contribution >= 0.6 is 0 Å². The van der Waals surface area contributed by atoms with Crippen LogP contribution in [0, 0.1) is 0 Å². The molecule has 0 radical (unpaired) electrons. The smallest absolute Gasteiger partial charge is 0.219 e. The van der Waals surface area contributed by atoms with Crippen LogP contribution in [0.3, 0.4) is 0 Å². The highest BCUT2D eigenvalue weighted by atomic mass is 16.3. The van der Waals surface area contributed by atoms with Gasteiger partial charge < -0.3 is 15.7 Å². The van der Waals surface area contributed by atoms with E-state index in [4.69, 9.17) is 0 Å². The minimum atomic E-state index is 0.215. The van der Waals surface area contributed by atoms with Gasteiger partial charge in [-0.1, -0.05) is 58.3 Å². The molecular formula is C22H38N2O2. The molecule has 0 bridgehead atoms. The van der Waals surface area contributed by atoms with E-state index in [9.17, 15) is 9.90 Å². The summed E-state index contributed by atoms with van der Waals surface area (Å²) in [5.74, 6) is 0.527. The molecule has 0 unspecified atom stereocenters. The number of hydrogen-bond acceptors (Lipinski definition) is 3. The number of phenols is 1. The second-order valence-corrected chi connectivity index (χ2v) is 7.11. The van der Waals surface area contributed by atoms with Crippen LogP contribution in [0.1, 0.15) is 84.0 Å². The number of amides is 1. The quantitative estimate of drug-likeness (QED) is 0.264. The Kier molecular flexibility index (Phi) is 13.3. The van der Waals surface area contributed by atoms with Crippen molar-refractivity contribution in [3.8, 4) is 5.75 Å². The summed E-state index contributed by atoms with van der Waals surface area (Å²) in [7, 11) is 0. The molecule has 1 aromatic rings. The Hall–Kier alpha value is -1.71. The number of anilines is 1. The van der Waals surface area contributed by atoms with Gasteiger partial charge in [-0.05, 0) is 43.5 Å². The van der Waals surface area contributed by atoms with Crippen molar-refractivity contribution in [3.05, 3.63) is 24.3 Å². The van der Waals surface area contributed by atoms with Crippen molar-refractivity contribution in [2.75, 3.05) is 18.4 Å². The highest BCUT2D eigenvalue weighted by molar-refractivity contribution is 5.75. The maximum atomic E-state index is 11.5. The van der Waals surface area contributed by atoms with Crippen LogP contribution in [0.4, 0.5) is 5.69 Å². The summed E-state index contributed by atoms with van der Waals surface area (Å²) in [6.07, 6.45) is 14.1. The Morgan fingerprint density at radius 2 is 1.35 bits per heavy atom. The van der Waals surface area contributed by atoms with Crippen LogP contribution in [0.2, 0.25) is 0 Å². The molecule has 0 atom stereocenters. The first-order chi connectivity index (χ1) is 12.7. The minimum absolute atomic E-state index is 0.215. The average molecular weight is 363 g/mol. The third-order valence-electron chi connectivity index (χ3n) is 4.63. The number of carbonyl (C=O) groups excluding carboxylic acids is 1. The molecule has 1 amide bonds. The molecule has 148 valence electrons. The maximum absolute atomic E-state index is 11.5. The Morgan fingerprint density at radius 1 is 0.808 bits per heavy atom. The fourth-order valence-corrected chi connectivity index (χ4v) is 2.95. The molecular weight excluding hydrogens is 324 g/mol. The predicted molar refractivity (Wildman–Crippen MR) is 111 cm³/mol. The summed E-state index contributed by atoms with van der Waals surface area (Å²) >= 11 is 0. The predicted octanol–water partition coefficient (Wildman–Crippen LogP) is 5.62. The van der Waals surface area contributed by atoms with Gasteiger partial charge in [-0.2, -0.15) is 0 Å². The Balaban J connectivity index is 1.78. The SMILES string of the molecule is CCCCC(=O)NCCCCCCCCCCCNc1ccc(O)cc1. The lowest BCUT2D eigenvalue weighted by Gasteiger charge is -2.07. The van der Waals surface area contributed by atoms with Crippen LogP contribution in [0.25, 0.3) is 0 Å². The van der Waals surface area contributed by atoms with Gasteiger partial charge >= 0.3 is 0 Å². The number of unbranched alkanes of at least 4 members (excludes halogenated alkanes) is 9. The Labute approximate surface area is 159 Å². The largest absolute Gasteiger partial charge is 0.508 e. The fourth-order valence-electron chi connectivity index (χ4n) is 2.95. The van der Waals surface area contributed by atoms with E-state index in [1.165, 1.54) is 51.4 Å². The van der Waals surface area contributed by atoms with Crippen LogP contribution < -0.4 is 10.6 Å². The van der Waals surface area contributed by atoms with Crippen LogP contribution in [0.5, 0.6) is 5.75 Å². The Morgan fingerprint density at radius 3 is 1.92 bits per heavy atom. The second kappa shape index (κ2) is 15.5. The van der Waals surface area contributed by atoms with E-state index in [0.717, 1.165) is 38.0 Å². The summed E-state index contributed by atoms with van der Waals surface area (Å²) in [4.78, 5) is 11.5. The molecule has 0 aliphatic carbocycles. The van der Waals surface area contributed by atoms with Gasteiger partial charge in [0.15, 0.2) is 0 Å². The highest BCUT2D eigenvalue weighted by Gasteiger charge is 1.99. The molecule has 1 aromatic carbocycles. The van der Waals surface area contributed by atoms with E-state index in [0.29, 0.717) is 12.2 Å². The second-order valence-electron chi connectivity index (χ2n) is 7.11. The number of carbonyl (C=O) groups is 1. The number of hydrogen-bond donors (Lipinski definition) is 3. The lowest BCUT2D eigenvalue weighted by atomic mass is 10.1. The van der Waals surface area contributed by atoms with E-state index in [1.807, 2.05) is 12.1 Å². The van der Waals surface area contributed by atoms with Crippen molar-refractivity contribution >= 4 is 11.6 Å². The molecule has 0 fully saturated rings. The van der Waals surface area contributed by atoms with Crippen molar-refractivity contribution in [1.82, 2.24) is 5.32 Å². The molecule has 0 spiro atoms. The molecule has 1 rings (SSSR count). The van der Waals surface area contributed by atoms with Gasteiger partial charge in [-0.25, -0.2) is 0 Å². The lowest BCUT2D eigenvalue weighted by Crippen LogP contribution is -2.23. The number of aromatic hydroxyl groups is 1. The number of rotatable bonds is 16. The fraction of sp³-hybridized carbons (Fsp3) is 0.682. The van der Waals surface area contributed by atoms with Crippen molar-refractivity contribution in [3.63, 3.8) is 0 Å². The topological polar surface area (TPSA) is 61.4 Å². The number of phenolic OH excluding ortho intramolecular Hbond substituents is 1. The van der Waals surface area contributed by atoms with E-state index in [2.05, 4.69) is 17.6 Å². The monoisotopic (exact) mass is 362 g/mol. The highest BCUT2D eigenvalue weighted by Crippen LogP contribution is 2.14. The van der Waals surface area contributed by atoms with Gasteiger partial charge in [-0.3, -0.25) is 4.79 Å². The first-order valence-corrected chi connectivity index (χ1v) is 10.5. The first kappa shape index (κ1) is 22.3. The van der Waals surface area contributed by atoms with E-state index in [1.54, 1.807) is 12.1 Å². The molecule has 3 N–H and O–H groups in total. The summed E-state index contributed by atoms with van der Waals surface area (Å²) in [5, 5.41) is 15.6. The van der Waals surface area contributed by atoms with Gasteiger partial charge in [-0.15, -0.1) is 0 Å². The number of benzene rings is 1. The van der Waals surface area contributed by atoms with E-state index >= 15 is 0 Å². The van der Waals surface area contributed by atoms with Gasteiger partial charge in [0, 0.05) is 25.2 Å². The zero-order valence-corrected chi connectivity index (χ0v) is 16.6. The summed E-state index contributed by atoms with van der Waals surface area (Å²) < 4.78 is 0. The van der Waals surface area contributed by atoms with Crippen LogP contribution in [-0.4, -0.2) is 24.1 Å². The molecule has 0 saturated heterocycles. The van der Waals surface area contributed by atoms with E-state index < -0.39 is 0 Å². The summed E-state index contributed by atoms with van der Waals surface area (Å²) in [6.45, 7) is 3.95. The lowest BCUT2D eigenvalue weighted by molar-refractivity contribution is -0.121. The molecule has 0 aliphatic rings.